The van der Waals surface area contributed by atoms with Crippen LogP contribution in [0.2, 0.25) is 10.0 Å². The van der Waals surface area contributed by atoms with E-state index in [9.17, 15) is 4.79 Å². The van der Waals surface area contributed by atoms with Gasteiger partial charge in [-0.3, -0.25) is 4.79 Å². The first-order valence-electron chi connectivity index (χ1n) is 7.69. The van der Waals surface area contributed by atoms with Crippen molar-refractivity contribution in [1.82, 2.24) is 0 Å². The van der Waals surface area contributed by atoms with E-state index in [1.165, 1.54) is 0 Å². The SMILES string of the molecule is CN1C(=O)/C(=C/c2ccc(-c3ccc(Cl)cc3Cl)o2)c2ccccc21. The van der Waals surface area contributed by atoms with Gasteiger partial charge in [0.15, 0.2) is 0 Å². The Bertz CT molecular complexity index is 1020. The van der Waals surface area contributed by atoms with Gasteiger partial charge in [-0.1, -0.05) is 41.4 Å². The summed E-state index contributed by atoms with van der Waals surface area (Å²) in [5.74, 6) is 1.17. The predicted molar refractivity (Wildman–Crippen MR) is 102 cm³/mol. The van der Waals surface area contributed by atoms with E-state index in [-0.39, 0.29) is 5.91 Å². The minimum absolute atomic E-state index is 0.0522. The molecule has 2 aromatic carbocycles. The van der Waals surface area contributed by atoms with Gasteiger partial charge in [0.05, 0.1) is 16.3 Å². The van der Waals surface area contributed by atoms with Crippen LogP contribution in [0.15, 0.2) is 59.0 Å². The molecule has 3 aromatic rings. The molecule has 1 aliphatic rings. The highest BCUT2D eigenvalue weighted by Gasteiger charge is 2.29. The number of para-hydroxylation sites is 1. The number of halogens is 2. The number of carbonyl (C=O) groups is 1. The third-order valence-corrected chi connectivity index (χ3v) is 4.75. The molecule has 0 spiro atoms. The fourth-order valence-electron chi connectivity index (χ4n) is 2.95. The van der Waals surface area contributed by atoms with Gasteiger partial charge < -0.3 is 9.32 Å². The van der Waals surface area contributed by atoms with E-state index in [0.29, 0.717) is 27.1 Å². The number of likely N-dealkylation sites (N-methyl/N-ethyl adjacent to an activating group) is 1. The molecule has 2 heterocycles. The summed E-state index contributed by atoms with van der Waals surface area (Å²) in [6.07, 6.45) is 1.76. The maximum Gasteiger partial charge on any atom is 0.258 e. The summed E-state index contributed by atoms with van der Waals surface area (Å²) in [5, 5.41) is 1.09. The second kappa shape index (κ2) is 6.10. The number of rotatable bonds is 2. The van der Waals surface area contributed by atoms with Crippen molar-refractivity contribution in [2.45, 2.75) is 0 Å². The number of furan rings is 1. The first kappa shape index (κ1) is 16.0. The van der Waals surface area contributed by atoms with Gasteiger partial charge in [-0.2, -0.15) is 0 Å². The maximum absolute atomic E-state index is 12.5. The lowest BCUT2D eigenvalue weighted by Crippen LogP contribution is -2.20. The lowest BCUT2D eigenvalue weighted by atomic mass is 10.1. The Morgan fingerprint density at radius 2 is 1.80 bits per heavy atom. The summed E-state index contributed by atoms with van der Waals surface area (Å²) >= 11 is 12.2. The van der Waals surface area contributed by atoms with E-state index in [1.54, 1.807) is 30.2 Å². The molecule has 0 fully saturated rings. The molecule has 4 rings (SSSR count). The Balaban J connectivity index is 1.74. The first-order valence-corrected chi connectivity index (χ1v) is 8.44. The molecular weight excluding hydrogens is 357 g/mol. The number of hydrogen-bond donors (Lipinski definition) is 0. The zero-order valence-corrected chi connectivity index (χ0v) is 14.8. The molecule has 0 bridgehead atoms. The summed E-state index contributed by atoms with van der Waals surface area (Å²) in [6.45, 7) is 0. The lowest BCUT2D eigenvalue weighted by Gasteiger charge is -2.07. The van der Waals surface area contributed by atoms with E-state index in [2.05, 4.69) is 0 Å². The summed E-state index contributed by atoms with van der Waals surface area (Å²) in [5.41, 5.74) is 3.16. The standard InChI is InChI=1S/C20H13Cl2NO2/c1-23-18-5-3-2-4-14(18)16(20(23)24)11-13-7-9-19(25-13)15-8-6-12(21)10-17(15)22/h2-11H,1H3/b16-11+. The molecule has 3 nitrogen and oxygen atoms in total. The van der Waals surface area contributed by atoms with Crippen molar-refractivity contribution >= 4 is 46.4 Å². The van der Waals surface area contributed by atoms with Crippen LogP contribution in [-0.2, 0) is 4.79 Å². The minimum atomic E-state index is -0.0522. The van der Waals surface area contributed by atoms with Gasteiger partial charge in [0.1, 0.15) is 11.5 Å². The Kier molecular flexibility index (Phi) is 3.91. The second-order valence-electron chi connectivity index (χ2n) is 5.77. The predicted octanol–water partition coefficient (Wildman–Crippen LogP) is 5.77. The fourth-order valence-corrected chi connectivity index (χ4v) is 3.45. The Morgan fingerprint density at radius 1 is 1.00 bits per heavy atom. The van der Waals surface area contributed by atoms with Crippen molar-refractivity contribution in [3.8, 4) is 11.3 Å². The summed E-state index contributed by atoms with van der Waals surface area (Å²) in [7, 11) is 1.77. The fraction of sp³-hybridized carbons (Fsp3) is 0.0500. The minimum Gasteiger partial charge on any atom is -0.457 e. The number of anilines is 1. The van der Waals surface area contributed by atoms with Crippen LogP contribution in [0.4, 0.5) is 5.69 Å². The van der Waals surface area contributed by atoms with Crippen LogP contribution in [0.5, 0.6) is 0 Å². The molecule has 124 valence electrons. The van der Waals surface area contributed by atoms with Crippen molar-refractivity contribution in [3.05, 3.63) is 76.0 Å². The molecule has 0 aliphatic carbocycles. The topological polar surface area (TPSA) is 33.5 Å². The van der Waals surface area contributed by atoms with Gasteiger partial charge >= 0.3 is 0 Å². The van der Waals surface area contributed by atoms with Crippen molar-refractivity contribution in [3.63, 3.8) is 0 Å². The molecule has 0 saturated carbocycles. The average molecular weight is 370 g/mol. The zero-order valence-electron chi connectivity index (χ0n) is 13.3. The molecule has 25 heavy (non-hydrogen) atoms. The number of fused-ring (bicyclic) bond motifs is 1. The second-order valence-corrected chi connectivity index (χ2v) is 6.61. The van der Waals surface area contributed by atoms with Gasteiger partial charge in [-0.25, -0.2) is 0 Å². The van der Waals surface area contributed by atoms with Gasteiger partial charge in [-0.05, 0) is 42.5 Å². The van der Waals surface area contributed by atoms with E-state index < -0.39 is 0 Å². The zero-order chi connectivity index (χ0) is 17.6. The Hall–Kier alpha value is -2.49. The highest BCUT2D eigenvalue weighted by atomic mass is 35.5. The van der Waals surface area contributed by atoms with Gasteiger partial charge in [0, 0.05) is 23.2 Å². The number of carbonyl (C=O) groups excluding carboxylic acids is 1. The van der Waals surface area contributed by atoms with Crippen LogP contribution < -0.4 is 4.90 Å². The van der Waals surface area contributed by atoms with Crippen LogP contribution in [0.25, 0.3) is 23.0 Å². The summed E-state index contributed by atoms with van der Waals surface area (Å²) in [6, 6.07) is 16.6. The molecule has 1 aromatic heterocycles. The molecule has 0 radical (unpaired) electrons. The quantitative estimate of drug-likeness (QED) is 0.537. The smallest absolute Gasteiger partial charge is 0.258 e. The van der Waals surface area contributed by atoms with E-state index in [1.807, 2.05) is 42.5 Å². The van der Waals surface area contributed by atoms with E-state index in [4.69, 9.17) is 27.6 Å². The van der Waals surface area contributed by atoms with E-state index in [0.717, 1.165) is 16.8 Å². The van der Waals surface area contributed by atoms with Crippen LogP contribution in [0.3, 0.4) is 0 Å². The highest BCUT2D eigenvalue weighted by Crippen LogP contribution is 2.37. The van der Waals surface area contributed by atoms with Crippen molar-refractivity contribution in [2.24, 2.45) is 0 Å². The third kappa shape index (κ3) is 2.76. The Morgan fingerprint density at radius 3 is 2.60 bits per heavy atom. The number of amides is 1. The molecule has 0 unspecified atom stereocenters. The number of benzene rings is 2. The summed E-state index contributed by atoms with van der Waals surface area (Å²) in [4.78, 5) is 14.2. The first-order chi connectivity index (χ1) is 12.0. The third-order valence-electron chi connectivity index (χ3n) is 4.20. The van der Waals surface area contributed by atoms with Crippen LogP contribution >= 0.6 is 23.2 Å². The van der Waals surface area contributed by atoms with Crippen LogP contribution in [0, 0.1) is 0 Å². The average Bonchev–Trinajstić information content (AvgIpc) is 3.15. The molecule has 0 saturated heterocycles. The maximum atomic E-state index is 12.5. The van der Waals surface area contributed by atoms with Gasteiger partial charge in [0.2, 0.25) is 0 Å². The molecule has 0 N–H and O–H groups in total. The van der Waals surface area contributed by atoms with Crippen molar-refractivity contribution in [1.29, 1.82) is 0 Å². The highest BCUT2D eigenvalue weighted by molar-refractivity contribution is 6.36. The summed E-state index contributed by atoms with van der Waals surface area (Å²) < 4.78 is 5.88. The lowest BCUT2D eigenvalue weighted by molar-refractivity contribution is -0.112. The van der Waals surface area contributed by atoms with E-state index >= 15 is 0 Å². The van der Waals surface area contributed by atoms with Crippen LogP contribution in [0.1, 0.15) is 11.3 Å². The molecular formula is C20H13Cl2NO2. The largest absolute Gasteiger partial charge is 0.457 e. The normalized spacial score (nSPS) is 15.1. The van der Waals surface area contributed by atoms with Crippen molar-refractivity contribution in [2.75, 3.05) is 11.9 Å². The van der Waals surface area contributed by atoms with Gasteiger partial charge in [0.25, 0.3) is 5.91 Å². The number of nitrogens with zero attached hydrogens (tertiary/aromatic N) is 1. The molecule has 5 heteroatoms. The van der Waals surface area contributed by atoms with Gasteiger partial charge in [-0.15, -0.1) is 0 Å². The van der Waals surface area contributed by atoms with Crippen molar-refractivity contribution < 1.29 is 9.21 Å². The molecule has 0 atom stereocenters. The Labute approximate surface area is 155 Å². The molecule has 1 amide bonds. The number of hydrogen-bond acceptors (Lipinski definition) is 2. The van der Waals surface area contributed by atoms with Crippen LogP contribution in [-0.4, -0.2) is 13.0 Å². The molecule has 1 aliphatic heterocycles. The monoisotopic (exact) mass is 369 g/mol.